The Labute approximate surface area is 161 Å². The van der Waals surface area contributed by atoms with Gasteiger partial charge in [-0.1, -0.05) is 6.07 Å². The van der Waals surface area contributed by atoms with Crippen LogP contribution in [0.2, 0.25) is 0 Å². The van der Waals surface area contributed by atoms with Gasteiger partial charge in [0, 0.05) is 45.3 Å². The molecule has 26 heavy (non-hydrogen) atoms. The molecule has 2 saturated heterocycles. The van der Waals surface area contributed by atoms with E-state index in [4.69, 9.17) is 4.74 Å². The zero-order valence-electron chi connectivity index (χ0n) is 15.1. The number of rotatable bonds is 4. The number of carbonyl (C=O) groups excluding carboxylic acids is 1. The van der Waals surface area contributed by atoms with Gasteiger partial charge < -0.3 is 10.1 Å². The highest BCUT2D eigenvalue weighted by atomic mass is 35.5. The van der Waals surface area contributed by atoms with Crippen LogP contribution in [0.25, 0.3) is 0 Å². The number of ether oxygens (including phenoxy) is 1. The molecule has 146 valence electrons. The Morgan fingerprint density at radius 1 is 1.23 bits per heavy atom. The third-order valence-corrected chi connectivity index (χ3v) is 7.11. The zero-order valence-corrected chi connectivity index (χ0v) is 16.7. The number of benzene rings is 1. The fourth-order valence-corrected chi connectivity index (χ4v) is 5.38. The molecule has 2 aliphatic heterocycles. The van der Waals surface area contributed by atoms with Crippen molar-refractivity contribution in [2.24, 2.45) is 0 Å². The molecule has 2 heterocycles. The van der Waals surface area contributed by atoms with Gasteiger partial charge in [-0.3, -0.25) is 4.90 Å². The van der Waals surface area contributed by atoms with Gasteiger partial charge in [-0.25, -0.2) is 13.2 Å². The van der Waals surface area contributed by atoms with Gasteiger partial charge in [-0.05, 0) is 31.0 Å². The predicted octanol–water partition coefficient (Wildman–Crippen LogP) is 0.872. The van der Waals surface area contributed by atoms with Crippen molar-refractivity contribution in [3.8, 4) is 0 Å². The molecule has 0 saturated carbocycles. The van der Waals surface area contributed by atoms with Gasteiger partial charge >= 0.3 is 5.97 Å². The smallest absolute Gasteiger partial charge is 0.338 e. The predicted molar refractivity (Wildman–Crippen MR) is 101 cm³/mol. The van der Waals surface area contributed by atoms with E-state index in [0.29, 0.717) is 24.2 Å². The molecule has 0 bridgehead atoms. The van der Waals surface area contributed by atoms with Crippen LogP contribution in [0, 0.1) is 6.92 Å². The van der Waals surface area contributed by atoms with Gasteiger partial charge in [0.2, 0.25) is 10.0 Å². The molecular formula is C17H26ClN3O4S. The van der Waals surface area contributed by atoms with Crippen molar-refractivity contribution in [2.45, 2.75) is 24.3 Å². The van der Waals surface area contributed by atoms with Gasteiger partial charge in [0.05, 0.1) is 17.6 Å². The molecule has 2 aliphatic rings. The first-order chi connectivity index (χ1) is 11.9. The third-order valence-electron chi connectivity index (χ3n) is 5.10. The highest BCUT2D eigenvalue weighted by molar-refractivity contribution is 7.89. The Balaban J connectivity index is 0.00000243. The van der Waals surface area contributed by atoms with E-state index >= 15 is 0 Å². The molecule has 0 aliphatic carbocycles. The zero-order chi connectivity index (χ0) is 18.0. The summed E-state index contributed by atoms with van der Waals surface area (Å²) in [5, 5.41) is 3.32. The fourth-order valence-electron chi connectivity index (χ4n) is 3.64. The maximum Gasteiger partial charge on any atom is 0.338 e. The Morgan fingerprint density at radius 3 is 2.58 bits per heavy atom. The van der Waals surface area contributed by atoms with Crippen molar-refractivity contribution >= 4 is 28.4 Å². The SMILES string of the molecule is COC(=O)c1cccc(S(=O)(=O)N2CCC(N3CCNCC3)C2)c1C.Cl. The normalized spacial score (nSPS) is 22.0. The highest BCUT2D eigenvalue weighted by Crippen LogP contribution is 2.27. The molecule has 0 aromatic heterocycles. The van der Waals surface area contributed by atoms with Crippen molar-refractivity contribution in [3.63, 3.8) is 0 Å². The summed E-state index contributed by atoms with van der Waals surface area (Å²) in [5.74, 6) is -0.519. The van der Waals surface area contributed by atoms with Crippen molar-refractivity contribution in [1.29, 1.82) is 0 Å². The van der Waals surface area contributed by atoms with E-state index in [2.05, 4.69) is 10.2 Å². The first kappa shape index (κ1) is 21.1. The van der Waals surface area contributed by atoms with Crippen molar-refractivity contribution < 1.29 is 17.9 Å². The monoisotopic (exact) mass is 403 g/mol. The molecule has 1 unspecified atom stereocenters. The van der Waals surface area contributed by atoms with E-state index in [0.717, 1.165) is 32.6 Å². The summed E-state index contributed by atoms with van der Waals surface area (Å²) in [6, 6.07) is 5.01. The molecule has 0 amide bonds. The number of methoxy groups -OCH3 is 1. The number of hydrogen-bond donors (Lipinski definition) is 1. The summed E-state index contributed by atoms with van der Waals surface area (Å²) in [5.41, 5.74) is 0.737. The van der Waals surface area contributed by atoms with Crippen LogP contribution in [-0.4, -0.2) is 76.0 Å². The van der Waals surface area contributed by atoms with E-state index in [1.807, 2.05) is 0 Å². The number of esters is 1. The van der Waals surface area contributed by atoms with Crippen LogP contribution in [0.4, 0.5) is 0 Å². The second-order valence-corrected chi connectivity index (χ2v) is 8.42. The Bertz CT molecular complexity index is 750. The third kappa shape index (κ3) is 4.04. The maximum absolute atomic E-state index is 13.1. The minimum atomic E-state index is -3.62. The topological polar surface area (TPSA) is 79.0 Å². The summed E-state index contributed by atoms with van der Waals surface area (Å²) >= 11 is 0. The lowest BCUT2D eigenvalue weighted by Gasteiger charge is -2.32. The molecule has 1 atom stereocenters. The number of nitrogens with zero attached hydrogens (tertiary/aromatic N) is 2. The molecule has 0 spiro atoms. The maximum atomic E-state index is 13.1. The number of carbonyl (C=O) groups is 1. The lowest BCUT2D eigenvalue weighted by Crippen LogP contribution is -2.49. The van der Waals surface area contributed by atoms with Gasteiger partial charge in [0.25, 0.3) is 0 Å². The molecule has 3 rings (SSSR count). The van der Waals surface area contributed by atoms with Gasteiger partial charge in [0.15, 0.2) is 0 Å². The van der Waals surface area contributed by atoms with Crippen molar-refractivity contribution in [3.05, 3.63) is 29.3 Å². The van der Waals surface area contributed by atoms with Crippen LogP contribution in [-0.2, 0) is 14.8 Å². The average molecular weight is 404 g/mol. The van der Waals surface area contributed by atoms with Crippen LogP contribution < -0.4 is 5.32 Å². The summed E-state index contributed by atoms with van der Waals surface area (Å²) in [4.78, 5) is 14.4. The number of halogens is 1. The summed E-state index contributed by atoms with van der Waals surface area (Å²) in [6.45, 7) is 6.48. The molecule has 0 radical (unpaired) electrons. The van der Waals surface area contributed by atoms with E-state index in [-0.39, 0.29) is 23.3 Å². The van der Waals surface area contributed by atoms with Crippen LogP contribution in [0.5, 0.6) is 0 Å². The van der Waals surface area contributed by atoms with E-state index in [1.54, 1.807) is 29.4 Å². The lowest BCUT2D eigenvalue weighted by atomic mass is 10.1. The second-order valence-electron chi connectivity index (χ2n) is 6.51. The molecule has 1 aromatic carbocycles. The van der Waals surface area contributed by atoms with Gasteiger partial charge in [-0.2, -0.15) is 4.31 Å². The molecule has 1 N–H and O–H groups in total. The summed E-state index contributed by atoms with van der Waals surface area (Å²) in [6.07, 6.45) is 0.842. The van der Waals surface area contributed by atoms with Crippen LogP contribution in [0.15, 0.2) is 23.1 Å². The molecule has 2 fully saturated rings. The largest absolute Gasteiger partial charge is 0.465 e. The first-order valence-electron chi connectivity index (χ1n) is 8.58. The van der Waals surface area contributed by atoms with Crippen LogP contribution in [0.3, 0.4) is 0 Å². The average Bonchev–Trinajstić information content (AvgIpc) is 3.13. The van der Waals surface area contributed by atoms with Crippen molar-refractivity contribution in [1.82, 2.24) is 14.5 Å². The van der Waals surface area contributed by atoms with Crippen LogP contribution >= 0.6 is 12.4 Å². The number of piperazine rings is 1. The molecule has 7 nitrogen and oxygen atoms in total. The van der Waals surface area contributed by atoms with E-state index < -0.39 is 16.0 Å². The summed E-state index contributed by atoms with van der Waals surface area (Å²) < 4.78 is 32.5. The molecular weight excluding hydrogens is 378 g/mol. The summed E-state index contributed by atoms with van der Waals surface area (Å²) in [7, 11) is -2.33. The van der Waals surface area contributed by atoms with E-state index in [1.165, 1.54) is 7.11 Å². The number of nitrogens with one attached hydrogen (secondary N) is 1. The quantitative estimate of drug-likeness (QED) is 0.751. The van der Waals surface area contributed by atoms with Gasteiger partial charge in [-0.15, -0.1) is 12.4 Å². The fraction of sp³-hybridized carbons (Fsp3) is 0.588. The second kappa shape index (κ2) is 8.67. The highest BCUT2D eigenvalue weighted by Gasteiger charge is 2.36. The molecule has 1 aromatic rings. The molecule has 9 heteroatoms. The van der Waals surface area contributed by atoms with E-state index in [9.17, 15) is 13.2 Å². The van der Waals surface area contributed by atoms with Crippen molar-refractivity contribution in [2.75, 3.05) is 46.4 Å². The minimum absolute atomic E-state index is 0. The number of sulfonamides is 1. The Hall–Kier alpha value is -1.19. The first-order valence-corrected chi connectivity index (χ1v) is 10.0. The van der Waals surface area contributed by atoms with Crippen LogP contribution in [0.1, 0.15) is 22.3 Å². The minimum Gasteiger partial charge on any atom is -0.465 e. The number of hydrogen-bond acceptors (Lipinski definition) is 6. The Morgan fingerprint density at radius 2 is 1.92 bits per heavy atom. The lowest BCUT2D eigenvalue weighted by molar-refractivity contribution is 0.0599. The standard InChI is InChI=1S/C17H25N3O4S.ClH/c1-13-15(17(21)24-2)4-3-5-16(13)25(22,23)20-9-6-14(12-20)19-10-7-18-8-11-19;/h3-5,14,18H,6-12H2,1-2H3;1H. The van der Waals surface area contributed by atoms with Gasteiger partial charge in [0.1, 0.15) is 0 Å². The Kier molecular flexibility index (Phi) is 7.04.